The fourth-order valence-corrected chi connectivity index (χ4v) is 3.60. The summed E-state index contributed by atoms with van der Waals surface area (Å²) in [7, 11) is 0. The summed E-state index contributed by atoms with van der Waals surface area (Å²) in [5.41, 5.74) is 1.52. The quantitative estimate of drug-likeness (QED) is 0.235. The number of hydrogen-bond donors (Lipinski definition) is 4. The first-order valence-electron chi connectivity index (χ1n) is 12.9. The van der Waals surface area contributed by atoms with Crippen molar-refractivity contribution in [3.8, 4) is 0 Å². The second kappa shape index (κ2) is 17.8. The maximum absolute atomic E-state index is 12.8. The summed E-state index contributed by atoms with van der Waals surface area (Å²) in [6.45, 7) is 3.47. The number of benzene rings is 2. The van der Waals surface area contributed by atoms with Gasteiger partial charge < -0.3 is 26.0 Å². The van der Waals surface area contributed by atoms with Crippen LogP contribution in [0.5, 0.6) is 0 Å². The van der Waals surface area contributed by atoms with Crippen molar-refractivity contribution >= 4 is 23.7 Å². The molecular weight excluding hydrogens is 456 g/mol. The molecule has 8 heteroatoms. The van der Waals surface area contributed by atoms with Gasteiger partial charge in [0, 0.05) is 18.8 Å². The minimum absolute atomic E-state index is 0.122. The Balaban J connectivity index is 1.73. The van der Waals surface area contributed by atoms with E-state index in [1.807, 2.05) is 48.5 Å². The molecule has 0 bridgehead atoms. The lowest BCUT2D eigenvalue weighted by Gasteiger charge is -2.18. The molecule has 2 aromatic carbocycles. The van der Waals surface area contributed by atoms with E-state index in [9.17, 15) is 14.4 Å². The van der Waals surface area contributed by atoms with E-state index >= 15 is 0 Å². The molecule has 2 rings (SSSR count). The Bertz CT molecular complexity index is 893. The Labute approximate surface area is 214 Å². The molecule has 0 heterocycles. The number of anilines is 1. The average molecular weight is 497 g/mol. The first kappa shape index (κ1) is 28.7. The second-order valence-electron chi connectivity index (χ2n) is 8.71. The fraction of sp³-hybridized carbons (Fsp3) is 0.464. The smallest absolute Gasteiger partial charge is 0.408 e. The van der Waals surface area contributed by atoms with E-state index in [4.69, 9.17) is 4.74 Å². The zero-order valence-corrected chi connectivity index (χ0v) is 21.3. The molecule has 0 aliphatic heterocycles. The molecule has 196 valence electrons. The molecule has 0 aliphatic rings. The van der Waals surface area contributed by atoms with Crippen LogP contribution in [0.2, 0.25) is 0 Å². The summed E-state index contributed by atoms with van der Waals surface area (Å²) in [5.74, 6) is -0.313. The predicted octanol–water partition coefficient (Wildman–Crippen LogP) is 5.36. The Hall–Kier alpha value is -3.55. The lowest BCUT2D eigenvalue weighted by Crippen LogP contribution is -2.44. The number of rotatable bonds is 16. The summed E-state index contributed by atoms with van der Waals surface area (Å²) in [4.78, 5) is 37.1. The monoisotopic (exact) mass is 496 g/mol. The molecule has 0 aromatic heterocycles. The second-order valence-corrected chi connectivity index (χ2v) is 8.71. The first-order chi connectivity index (χ1) is 17.6. The minimum Gasteiger partial charge on any atom is -0.445 e. The van der Waals surface area contributed by atoms with E-state index in [0.717, 1.165) is 18.4 Å². The number of ether oxygens (including phenoxy) is 1. The summed E-state index contributed by atoms with van der Waals surface area (Å²) in [6, 6.07) is 17.5. The molecule has 4 N–H and O–H groups in total. The lowest BCUT2D eigenvalue weighted by atomic mass is 10.1. The summed E-state index contributed by atoms with van der Waals surface area (Å²) < 4.78 is 5.29. The van der Waals surface area contributed by atoms with Crippen molar-refractivity contribution in [3.05, 3.63) is 66.2 Å². The standard InChI is InChI=1S/C28H40N4O4/c1-2-3-4-5-13-20-29-27(34)30-21-14-12-19-25(26(33)31-24-17-10-7-11-18-24)32-28(35)36-22-23-15-8-6-9-16-23/h6-11,15-18,25H,2-5,12-14,19-22H2,1H3,(H,31,33)(H,32,35)(H2,29,30,34)/t25-/m0/s1. The molecule has 1 atom stereocenters. The largest absolute Gasteiger partial charge is 0.445 e. The highest BCUT2D eigenvalue weighted by atomic mass is 16.5. The van der Waals surface area contributed by atoms with E-state index < -0.39 is 12.1 Å². The van der Waals surface area contributed by atoms with Gasteiger partial charge in [0.15, 0.2) is 0 Å². The Morgan fingerprint density at radius 2 is 1.39 bits per heavy atom. The molecule has 0 unspecified atom stereocenters. The Morgan fingerprint density at radius 1 is 0.778 bits per heavy atom. The van der Waals surface area contributed by atoms with Gasteiger partial charge in [-0.1, -0.05) is 81.1 Å². The highest BCUT2D eigenvalue weighted by Gasteiger charge is 2.21. The van der Waals surface area contributed by atoms with Crippen molar-refractivity contribution in [2.45, 2.75) is 70.9 Å². The van der Waals surface area contributed by atoms with Crippen LogP contribution >= 0.6 is 0 Å². The number of hydrogen-bond acceptors (Lipinski definition) is 4. The van der Waals surface area contributed by atoms with Crippen LogP contribution in [0.25, 0.3) is 0 Å². The van der Waals surface area contributed by atoms with Crippen molar-refractivity contribution in [1.29, 1.82) is 0 Å². The zero-order chi connectivity index (χ0) is 25.8. The van der Waals surface area contributed by atoms with Crippen molar-refractivity contribution < 1.29 is 19.1 Å². The molecule has 0 aliphatic carbocycles. The van der Waals surface area contributed by atoms with Crippen LogP contribution < -0.4 is 21.3 Å². The van der Waals surface area contributed by atoms with Crippen LogP contribution in [0.15, 0.2) is 60.7 Å². The number of amides is 4. The van der Waals surface area contributed by atoms with Gasteiger partial charge in [-0.3, -0.25) is 4.79 Å². The van der Waals surface area contributed by atoms with E-state index in [-0.39, 0.29) is 18.5 Å². The number of para-hydroxylation sites is 1. The number of urea groups is 1. The van der Waals surface area contributed by atoms with Gasteiger partial charge in [0.25, 0.3) is 0 Å². The van der Waals surface area contributed by atoms with Crippen LogP contribution in [0.3, 0.4) is 0 Å². The van der Waals surface area contributed by atoms with Crippen molar-refractivity contribution in [2.75, 3.05) is 18.4 Å². The van der Waals surface area contributed by atoms with Gasteiger partial charge in [-0.2, -0.15) is 0 Å². The molecule has 36 heavy (non-hydrogen) atoms. The van der Waals surface area contributed by atoms with E-state index in [2.05, 4.69) is 28.2 Å². The van der Waals surface area contributed by atoms with Gasteiger partial charge in [0.1, 0.15) is 12.6 Å². The van der Waals surface area contributed by atoms with Crippen LogP contribution in [0.1, 0.15) is 63.9 Å². The van der Waals surface area contributed by atoms with Gasteiger partial charge >= 0.3 is 12.1 Å². The number of alkyl carbamates (subject to hydrolysis) is 1. The van der Waals surface area contributed by atoms with Crippen LogP contribution in [-0.2, 0) is 16.1 Å². The Kier molecular flexibility index (Phi) is 14.2. The highest BCUT2D eigenvalue weighted by molar-refractivity contribution is 5.96. The zero-order valence-electron chi connectivity index (χ0n) is 21.3. The van der Waals surface area contributed by atoms with Crippen LogP contribution in [0.4, 0.5) is 15.3 Å². The molecule has 0 saturated heterocycles. The van der Waals surface area contributed by atoms with Gasteiger partial charge in [0.2, 0.25) is 5.91 Å². The fourth-order valence-electron chi connectivity index (χ4n) is 3.60. The third-order valence-electron chi connectivity index (χ3n) is 5.63. The van der Waals surface area contributed by atoms with E-state index in [1.165, 1.54) is 19.3 Å². The highest BCUT2D eigenvalue weighted by Crippen LogP contribution is 2.09. The van der Waals surface area contributed by atoms with Crippen LogP contribution in [0, 0.1) is 0 Å². The number of carbonyl (C=O) groups is 3. The first-order valence-corrected chi connectivity index (χ1v) is 12.9. The van der Waals surface area contributed by atoms with E-state index in [1.54, 1.807) is 12.1 Å². The van der Waals surface area contributed by atoms with Crippen molar-refractivity contribution in [3.63, 3.8) is 0 Å². The lowest BCUT2D eigenvalue weighted by molar-refractivity contribution is -0.118. The maximum Gasteiger partial charge on any atom is 0.408 e. The molecule has 0 radical (unpaired) electrons. The SMILES string of the molecule is CCCCCCCNC(=O)NCCCC[C@H](NC(=O)OCc1ccccc1)C(=O)Nc1ccccc1. The molecule has 0 spiro atoms. The normalized spacial score (nSPS) is 11.2. The van der Waals surface area contributed by atoms with Gasteiger partial charge in [0.05, 0.1) is 0 Å². The van der Waals surface area contributed by atoms with Crippen molar-refractivity contribution in [1.82, 2.24) is 16.0 Å². The maximum atomic E-state index is 12.8. The molecular formula is C28H40N4O4. The van der Waals surface area contributed by atoms with Crippen molar-refractivity contribution in [2.24, 2.45) is 0 Å². The summed E-state index contributed by atoms with van der Waals surface area (Å²) >= 11 is 0. The van der Waals surface area contributed by atoms with E-state index in [0.29, 0.717) is 38.0 Å². The third kappa shape index (κ3) is 12.8. The number of nitrogens with one attached hydrogen (secondary N) is 4. The third-order valence-corrected chi connectivity index (χ3v) is 5.63. The average Bonchev–Trinajstić information content (AvgIpc) is 2.89. The molecule has 0 saturated carbocycles. The van der Waals surface area contributed by atoms with Crippen LogP contribution in [-0.4, -0.2) is 37.2 Å². The molecule has 0 fully saturated rings. The summed E-state index contributed by atoms with van der Waals surface area (Å²) in [5, 5.41) is 11.2. The van der Waals surface area contributed by atoms with Gasteiger partial charge in [-0.25, -0.2) is 9.59 Å². The van der Waals surface area contributed by atoms with Gasteiger partial charge in [-0.05, 0) is 43.4 Å². The number of carbonyl (C=O) groups excluding carboxylic acids is 3. The summed E-state index contributed by atoms with van der Waals surface area (Å²) in [6.07, 6.45) is 6.83. The molecule has 4 amide bonds. The van der Waals surface area contributed by atoms with Gasteiger partial charge in [-0.15, -0.1) is 0 Å². The molecule has 8 nitrogen and oxygen atoms in total. The Morgan fingerprint density at radius 3 is 2.06 bits per heavy atom. The topological polar surface area (TPSA) is 109 Å². The minimum atomic E-state index is -0.759. The predicted molar refractivity (Wildman–Crippen MR) is 143 cm³/mol. The number of unbranched alkanes of at least 4 members (excludes halogenated alkanes) is 5. The molecule has 2 aromatic rings.